The molecule has 2 aromatic carbocycles. The average molecular weight is 425 g/mol. The highest BCUT2D eigenvalue weighted by Crippen LogP contribution is 2.37. The van der Waals surface area contributed by atoms with E-state index in [2.05, 4.69) is 24.0 Å². The molecular weight excluding hydrogens is 394 g/mol. The molecule has 1 aromatic heterocycles. The molecular formula is C24H30N3O4+. The Bertz CT molecular complexity index is 992. The molecule has 7 nitrogen and oxygen atoms in total. The van der Waals surface area contributed by atoms with Crippen molar-refractivity contribution in [1.29, 1.82) is 0 Å². The number of morpholine rings is 1. The first-order valence-corrected chi connectivity index (χ1v) is 10.7. The van der Waals surface area contributed by atoms with Crippen LogP contribution in [-0.2, 0) is 4.74 Å². The molecule has 3 N–H and O–H groups in total. The molecule has 1 aliphatic heterocycles. The number of phenolic OH excluding ortho intramolecular Hbond substituents is 1. The summed E-state index contributed by atoms with van der Waals surface area (Å²) in [6.45, 7) is 7.71. The van der Waals surface area contributed by atoms with Gasteiger partial charge >= 0.3 is 0 Å². The van der Waals surface area contributed by atoms with Crippen molar-refractivity contribution in [3.05, 3.63) is 48.7 Å². The van der Waals surface area contributed by atoms with Crippen molar-refractivity contribution < 1.29 is 24.2 Å². The maximum Gasteiger partial charge on any atom is 0.137 e. The number of H-pyrrole nitrogens is 1. The molecule has 1 aliphatic rings. The van der Waals surface area contributed by atoms with Crippen molar-refractivity contribution in [1.82, 2.24) is 10.2 Å². The highest BCUT2D eigenvalue weighted by molar-refractivity contribution is 5.83. The van der Waals surface area contributed by atoms with Crippen LogP contribution in [0, 0.1) is 0 Å². The standard InChI is InChI=1S/C24H29N3O4/c1-16-14-27(15-17(2)31-16)10-11-30-20-8-9-21(23(28)12-20)24-22(13-25-26-24)18-4-6-19(29-3)7-5-18/h4-9,12-13,16-17,28H,10-11,14-15H2,1-3H3,(H,25,26)/p+1/t16-,17-/m1/s1. The van der Waals surface area contributed by atoms with Crippen LogP contribution in [0.15, 0.2) is 48.7 Å². The molecule has 7 heteroatoms. The van der Waals surface area contributed by atoms with E-state index in [1.54, 1.807) is 19.4 Å². The van der Waals surface area contributed by atoms with Crippen LogP contribution in [-0.4, -0.2) is 60.9 Å². The summed E-state index contributed by atoms with van der Waals surface area (Å²) in [6, 6.07) is 13.1. The highest BCUT2D eigenvalue weighted by Gasteiger charge is 2.25. The smallest absolute Gasteiger partial charge is 0.137 e. The maximum absolute atomic E-state index is 10.7. The summed E-state index contributed by atoms with van der Waals surface area (Å²) in [7, 11) is 1.64. The number of aromatic hydroxyl groups is 1. The van der Waals surface area contributed by atoms with Crippen LogP contribution in [0.2, 0.25) is 0 Å². The van der Waals surface area contributed by atoms with Gasteiger partial charge in [-0.3, -0.25) is 5.10 Å². The zero-order valence-corrected chi connectivity index (χ0v) is 18.2. The van der Waals surface area contributed by atoms with Gasteiger partial charge in [0.2, 0.25) is 0 Å². The van der Waals surface area contributed by atoms with E-state index in [0.29, 0.717) is 17.9 Å². The molecule has 0 aliphatic carbocycles. The summed E-state index contributed by atoms with van der Waals surface area (Å²) in [6.07, 6.45) is 2.31. The zero-order valence-electron chi connectivity index (χ0n) is 18.2. The number of aromatic nitrogens is 2. The van der Waals surface area contributed by atoms with E-state index >= 15 is 0 Å². The Balaban J connectivity index is 1.43. The zero-order chi connectivity index (χ0) is 21.8. The quantitative estimate of drug-likeness (QED) is 0.543. The molecule has 164 valence electrons. The molecule has 1 fully saturated rings. The molecule has 0 unspecified atom stereocenters. The van der Waals surface area contributed by atoms with Gasteiger partial charge in [-0.25, -0.2) is 0 Å². The second-order valence-electron chi connectivity index (χ2n) is 8.08. The van der Waals surface area contributed by atoms with Gasteiger partial charge < -0.3 is 24.2 Å². The van der Waals surface area contributed by atoms with E-state index in [1.807, 2.05) is 36.4 Å². The fourth-order valence-electron chi connectivity index (χ4n) is 4.20. The van der Waals surface area contributed by atoms with E-state index < -0.39 is 0 Å². The first kappa shape index (κ1) is 21.2. The largest absolute Gasteiger partial charge is 0.507 e. The third-order valence-electron chi connectivity index (χ3n) is 5.62. The van der Waals surface area contributed by atoms with Crippen molar-refractivity contribution in [2.24, 2.45) is 0 Å². The van der Waals surface area contributed by atoms with Gasteiger partial charge in [0.25, 0.3) is 0 Å². The Morgan fingerprint density at radius 1 is 1.06 bits per heavy atom. The van der Waals surface area contributed by atoms with Crippen LogP contribution < -0.4 is 14.4 Å². The van der Waals surface area contributed by atoms with E-state index in [0.717, 1.165) is 42.2 Å². The van der Waals surface area contributed by atoms with E-state index in [4.69, 9.17) is 14.2 Å². The number of quaternary nitrogens is 1. The Hall–Kier alpha value is -3.03. The van der Waals surface area contributed by atoms with Gasteiger partial charge in [-0.1, -0.05) is 12.1 Å². The molecule has 0 saturated carbocycles. The van der Waals surface area contributed by atoms with Crippen LogP contribution in [0.25, 0.3) is 22.4 Å². The number of ether oxygens (including phenoxy) is 3. The molecule has 3 aromatic rings. The molecule has 0 spiro atoms. The lowest BCUT2D eigenvalue weighted by molar-refractivity contribution is -0.915. The Kier molecular flexibility index (Phi) is 6.44. The minimum Gasteiger partial charge on any atom is -0.507 e. The number of rotatable bonds is 7. The topological polar surface area (TPSA) is 81.0 Å². The molecule has 0 bridgehead atoms. The van der Waals surface area contributed by atoms with Crippen LogP contribution in [0.1, 0.15) is 13.8 Å². The van der Waals surface area contributed by atoms with Gasteiger partial charge in [-0.2, -0.15) is 5.10 Å². The van der Waals surface area contributed by atoms with Gasteiger partial charge in [0.05, 0.1) is 19.0 Å². The molecule has 31 heavy (non-hydrogen) atoms. The Morgan fingerprint density at radius 3 is 2.45 bits per heavy atom. The lowest BCUT2D eigenvalue weighted by Gasteiger charge is -2.32. The van der Waals surface area contributed by atoms with Crippen LogP contribution >= 0.6 is 0 Å². The Morgan fingerprint density at radius 2 is 1.77 bits per heavy atom. The lowest BCUT2D eigenvalue weighted by Crippen LogP contribution is -3.16. The predicted octanol–water partition coefficient (Wildman–Crippen LogP) is 2.53. The fraction of sp³-hybridized carbons (Fsp3) is 0.375. The molecule has 2 heterocycles. The first-order chi connectivity index (χ1) is 15.0. The second-order valence-corrected chi connectivity index (χ2v) is 8.08. The highest BCUT2D eigenvalue weighted by atomic mass is 16.5. The van der Waals surface area contributed by atoms with Crippen molar-refractivity contribution in [2.75, 3.05) is 33.4 Å². The first-order valence-electron chi connectivity index (χ1n) is 10.7. The minimum absolute atomic E-state index is 0.150. The van der Waals surface area contributed by atoms with Gasteiger partial charge in [0.15, 0.2) is 0 Å². The van der Waals surface area contributed by atoms with Crippen LogP contribution in [0.3, 0.4) is 0 Å². The van der Waals surface area contributed by atoms with Crippen molar-refractivity contribution >= 4 is 0 Å². The monoisotopic (exact) mass is 424 g/mol. The third-order valence-corrected chi connectivity index (χ3v) is 5.62. The van der Waals surface area contributed by atoms with E-state index in [9.17, 15) is 5.11 Å². The molecule has 4 rings (SSSR count). The van der Waals surface area contributed by atoms with Gasteiger partial charge in [-0.05, 0) is 43.7 Å². The van der Waals surface area contributed by atoms with Gasteiger partial charge in [0, 0.05) is 17.2 Å². The molecule has 2 atom stereocenters. The van der Waals surface area contributed by atoms with Crippen molar-refractivity contribution in [2.45, 2.75) is 26.1 Å². The number of nitrogens with zero attached hydrogens (tertiary/aromatic N) is 1. The van der Waals surface area contributed by atoms with Gasteiger partial charge in [-0.15, -0.1) is 0 Å². The summed E-state index contributed by atoms with van der Waals surface area (Å²) in [5.74, 6) is 1.60. The van der Waals surface area contributed by atoms with E-state index in [1.165, 1.54) is 4.90 Å². The third kappa shape index (κ3) is 5.00. The average Bonchev–Trinajstić information content (AvgIpc) is 3.23. The summed E-state index contributed by atoms with van der Waals surface area (Å²) in [4.78, 5) is 1.48. The number of aromatic amines is 1. The number of benzene rings is 2. The number of hydrogen-bond donors (Lipinski definition) is 3. The minimum atomic E-state index is 0.150. The lowest BCUT2D eigenvalue weighted by atomic mass is 10.0. The second kappa shape index (κ2) is 9.41. The summed E-state index contributed by atoms with van der Waals surface area (Å²) < 4.78 is 16.9. The summed E-state index contributed by atoms with van der Waals surface area (Å²) >= 11 is 0. The van der Waals surface area contributed by atoms with E-state index in [-0.39, 0.29) is 18.0 Å². The predicted molar refractivity (Wildman–Crippen MR) is 119 cm³/mol. The van der Waals surface area contributed by atoms with Gasteiger partial charge in [0.1, 0.15) is 55.7 Å². The van der Waals surface area contributed by atoms with Crippen LogP contribution in [0.4, 0.5) is 0 Å². The fourth-order valence-corrected chi connectivity index (χ4v) is 4.20. The molecule has 0 amide bonds. The Labute approximate surface area is 182 Å². The number of phenols is 1. The molecule has 1 saturated heterocycles. The number of nitrogens with one attached hydrogen (secondary N) is 2. The number of hydrogen-bond acceptors (Lipinski definition) is 5. The summed E-state index contributed by atoms with van der Waals surface area (Å²) in [5.41, 5.74) is 3.33. The van der Waals surface area contributed by atoms with Crippen molar-refractivity contribution in [3.63, 3.8) is 0 Å². The van der Waals surface area contributed by atoms with Crippen molar-refractivity contribution in [3.8, 4) is 39.6 Å². The normalized spacial score (nSPS) is 21.1. The molecule has 0 radical (unpaired) electrons. The maximum atomic E-state index is 10.7. The SMILES string of the molecule is COc1ccc(-c2cn[nH]c2-c2ccc(OCC[NH+]3C[C@@H](C)O[C@H](C)C3)cc2O)cc1. The van der Waals surface area contributed by atoms with Crippen LogP contribution in [0.5, 0.6) is 17.2 Å². The number of methoxy groups -OCH3 is 1. The summed E-state index contributed by atoms with van der Waals surface area (Å²) in [5, 5.41) is 17.9.